The van der Waals surface area contributed by atoms with Gasteiger partial charge >= 0.3 is 11.9 Å². The van der Waals surface area contributed by atoms with Crippen LogP contribution in [0.2, 0.25) is 10.0 Å². The van der Waals surface area contributed by atoms with E-state index in [0.717, 1.165) is 22.3 Å². The van der Waals surface area contributed by atoms with Crippen LogP contribution in [0.5, 0.6) is 5.75 Å². The Bertz CT molecular complexity index is 1820. The lowest BCUT2D eigenvalue weighted by molar-refractivity contribution is -0.145. The Morgan fingerprint density at radius 2 is 1.20 bits per heavy atom. The summed E-state index contributed by atoms with van der Waals surface area (Å²) < 4.78 is 10.5. The van der Waals surface area contributed by atoms with Crippen LogP contribution in [-0.4, -0.2) is 47.6 Å². The summed E-state index contributed by atoms with van der Waals surface area (Å²) in [6.45, 7) is -0.647. The smallest absolute Gasteiger partial charge is 0.343 e. The van der Waals surface area contributed by atoms with E-state index in [1.54, 1.807) is 0 Å². The van der Waals surface area contributed by atoms with Crippen molar-refractivity contribution < 1.29 is 33.4 Å². The van der Waals surface area contributed by atoms with Gasteiger partial charge in [0.25, 0.3) is 0 Å². The van der Waals surface area contributed by atoms with Crippen molar-refractivity contribution in [3.8, 4) is 5.75 Å². The molecule has 2 bridgehead atoms. The first-order valence-corrected chi connectivity index (χ1v) is 15.5. The van der Waals surface area contributed by atoms with Crippen molar-refractivity contribution in [3.05, 3.63) is 134 Å². The maximum absolute atomic E-state index is 13.7. The Kier molecular flexibility index (Phi) is 7.71. The summed E-state index contributed by atoms with van der Waals surface area (Å²) in [5.41, 5.74) is 4.75. The van der Waals surface area contributed by atoms with E-state index in [2.05, 4.69) is 0 Å². The molecule has 0 N–H and O–H groups in total. The number of ketones is 1. The summed E-state index contributed by atoms with van der Waals surface area (Å²) in [6.07, 6.45) is -0.233. The molecule has 0 radical (unpaired) electrons. The van der Waals surface area contributed by atoms with Crippen LogP contribution >= 0.6 is 23.2 Å². The molecular formula is C36H25Cl2NO7. The summed E-state index contributed by atoms with van der Waals surface area (Å²) in [5.74, 6) is -3.67. The molecule has 4 aromatic carbocycles. The molecular weight excluding hydrogens is 629 g/mol. The second-order valence-electron chi connectivity index (χ2n) is 11.5. The van der Waals surface area contributed by atoms with Gasteiger partial charge in [0.05, 0.1) is 33.9 Å². The van der Waals surface area contributed by atoms with Crippen molar-refractivity contribution >= 4 is 52.7 Å². The molecule has 4 aromatic rings. The lowest BCUT2D eigenvalue weighted by Gasteiger charge is -2.45. The summed E-state index contributed by atoms with van der Waals surface area (Å²) >= 11 is 11.8. The van der Waals surface area contributed by atoms with Crippen LogP contribution < -0.4 is 4.74 Å². The van der Waals surface area contributed by atoms with Crippen molar-refractivity contribution in [2.24, 2.45) is 11.8 Å². The molecule has 1 heterocycles. The van der Waals surface area contributed by atoms with E-state index < -0.39 is 36.2 Å². The number of carbonyl (C=O) groups excluding carboxylic acids is 5. The number of hydrogen-bond donors (Lipinski definition) is 0. The fourth-order valence-corrected chi connectivity index (χ4v) is 7.26. The van der Waals surface area contributed by atoms with Crippen LogP contribution in [0.3, 0.4) is 0 Å². The topological polar surface area (TPSA) is 107 Å². The van der Waals surface area contributed by atoms with Gasteiger partial charge < -0.3 is 9.47 Å². The standard InChI is InChI=1S/C36H25Cl2NO7/c37-26-14-11-20(17-27(26)38)36(44)46-21-12-9-19(10-13-21)28(40)18-45-29(41)15-16-39-34(42)32-30-22-5-1-2-6-23(22)31(33(32)35(39)43)25-8-4-3-7-24(25)30/h1-14,17,30-33H,15-16,18H2. The van der Waals surface area contributed by atoms with Gasteiger partial charge in [0.15, 0.2) is 12.4 Å². The van der Waals surface area contributed by atoms with Gasteiger partial charge in [-0.2, -0.15) is 0 Å². The lowest BCUT2D eigenvalue weighted by atomic mass is 9.55. The lowest BCUT2D eigenvalue weighted by Crippen LogP contribution is -2.41. The van der Waals surface area contributed by atoms with E-state index in [4.69, 9.17) is 32.7 Å². The maximum atomic E-state index is 13.7. The van der Waals surface area contributed by atoms with E-state index in [-0.39, 0.29) is 58.5 Å². The number of imide groups is 1. The summed E-state index contributed by atoms with van der Waals surface area (Å²) in [5, 5.41) is 0.522. The Hall–Kier alpha value is -4.79. The summed E-state index contributed by atoms with van der Waals surface area (Å²) in [4.78, 5) is 66.2. The second kappa shape index (κ2) is 11.9. The molecule has 10 heteroatoms. The highest BCUT2D eigenvalue weighted by atomic mass is 35.5. The number of esters is 2. The number of carbonyl (C=O) groups is 5. The number of amides is 2. The van der Waals surface area contributed by atoms with Crippen molar-refractivity contribution in [1.82, 2.24) is 4.90 Å². The SMILES string of the molecule is O=C(CCN1C(=O)C2C3c4ccccc4C(c4ccccc43)C2C1=O)OCC(=O)c1ccc(OC(=O)c2ccc(Cl)c(Cl)c2)cc1. The van der Waals surface area contributed by atoms with Gasteiger partial charge in [0.1, 0.15) is 5.75 Å². The molecule has 0 spiro atoms. The van der Waals surface area contributed by atoms with Crippen LogP contribution in [0.25, 0.3) is 0 Å². The van der Waals surface area contributed by atoms with Crippen molar-refractivity contribution in [2.45, 2.75) is 18.3 Å². The van der Waals surface area contributed by atoms with Gasteiger partial charge in [-0.3, -0.25) is 24.1 Å². The normalized spacial score (nSPS) is 20.5. The number of Topliss-reactive ketones (excluding diaryl/α,β-unsaturated/α-hetero) is 1. The highest BCUT2D eigenvalue weighted by molar-refractivity contribution is 6.42. The molecule has 8 nitrogen and oxygen atoms in total. The van der Waals surface area contributed by atoms with Gasteiger partial charge in [-0.15, -0.1) is 0 Å². The van der Waals surface area contributed by atoms with Gasteiger partial charge in [-0.05, 0) is 64.7 Å². The Morgan fingerprint density at radius 1 is 0.674 bits per heavy atom. The first-order chi connectivity index (χ1) is 22.2. The third-order valence-corrected chi connectivity index (χ3v) is 9.72. The number of likely N-dealkylation sites (tertiary alicyclic amines) is 1. The number of benzene rings is 4. The van der Waals surface area contributed by atoms with Gasteiger partial charge in [0.2, 0.25) is 11.8 Å². The molecule has 3 aliphatic carbocycles. The predicted octanol–water partition coefficient (Wildman–Crippen LogP) is 6.22. The number of ether oxygens (including phenoxy) is 2. The molecule has 8 rings (SSSR count). The number of halogens is 2. The molecule has 1 aliphatic heterocycles. The highest BCUT2D eigenvalue weighted by Crippen LogP contribution is 2.60. The predicted molar refractivity (Wildman–Crippen MR) is 168 cm³/mol. The zero-order valence-corrected chi connectivity index (χ0v) is 25.7. The van der Waals surface area contributed by atoms with E-state index >= 15 is 0 Å². The molecule has 4 aliphatic rings. The van der Waals surface area contributed by atoms with Crippen LogP contribution in [-0.2, 0) is 19.1 Å². The van der Waals surface area contributed by atoms with Gasteiger partial charge in [0, 0.05) is 23.9 Å². The first kappa shape index (κ1) is 29.9. The summed E-state index contributed by atoms with van der Waals surface area (Å²) in [7, 11) is 0. The van der Waals surface area contributed by atoms with E-state index in [1.807, 2.05) is 48.5 Å². The molecule has 2 atom stereocenters. The van der Waals surface area contributed by atoms with Crippen LogP contribution in [0, 0.1) is 11.8 Å². The number of hydrogen-bond acceptors (Lipinski definition) is 7. The maximum Gasteiger partial charge on any atom is 0.343 e. The minimum Gasteiger partial charge on any atom is -0.457 e. The molecule has 0 aromatic heterocycles. The Morgan fingerprint density at radius 3 is 1.72 bits per heavy atom. The Labute approximate surface area is 273 Å². The van der Waals surface area contributed by atoms with Crippen LogP contribution in [0.4, 0.5) is 0 Å². The minimum atomic E-state index is -0.703. The average Bonchev–Trinajstić information content (AvgIpc) is 3.33. The second-order valence-corrected chi connectivity index (χ2v) is 12.3. The monoisotopic (exact) mass is 653 g/mol. The Balaban J connectivity index is 0.951. The fraction of sp³-hybridized carbons (Fsp3) is 0.194. The average molecular weight is 655 g/mol. The molecule has 0 saturated carbocycles. The largest absolute Gasteiger partial charge is 0.457 e. The minimum absolute atomic E-state index is 0.122. The van der Waals surface area contributed by atoms with Crippen LogP contribution in [0.1, 0.15) is 61.2 Å². The molecule has 2 unspecified atom stereocenters. The first-order valence-electron chi connectivity index (χ1n) is 14.7. The van der Waals surface area contributed by atoms with Gasteiger partial charge in [-0.25, -0.2) is 4.79 Å². The van der Waals surface area contributed by atoms with Crippen molar-refractivity contribution in [2.75, 3.05) is 13.2 Å². The third kappa shape index (κ3) is 5.07. The quantitative estimate of drug-likeness (QED) is 0.0961. The third-order valence-electron chi connectivity index (χ3n) is 8.99. The molecule has 46 heavy (non-hydrogen) atoms. The van der Waals surface area contributed by atoms with Crippen molar-refractivity contribution in [1.29, 1.82) is 0 Å². The molecule has 1 fully saturated rings. The van der Waals surface area contributed by atoms with Crippen molar-refractivity contribution in [3.63, 3.8) is 0 Å². The molecule has 2 amide bonds. The number of nitrogens with zero attached hydrogens (tertiary/aromatic N) is 1. The van der Waals surface area contributed by atoms with E-state index in [1.165, 1.54) is 47.4 Å². The zero-order chi connectivity index (χ0) is 32.1. The van der Waals surface area contributed by atoms with Crippen LogP contribution in [0.15, 0.2) is 91.0 Å². The highest BCUT2D eigenvalue weighted by Gasteiger charge is 2.61. The summed E-state index contributed by atoms with van der Waals surface area (Å²) in [6, 6.07) is 26.1. The van der Waals surface area contributed by atoms with E-state index in [0.29, 0.717) is 5.02 Å². The fourth-order valence-electron chi connectivity index (χ4n) is 6.96. The van der Waals surface area contributed by atoms with E-state index in [9.17, 15) is 24.0 Å². The molecule has 230 valence electrons. The zero-order valence-electron chi connectivity index (χ0n) is 24.2. The number of rotatable bonds is 8. The van der Waals surface area contributed by atoms with Gasteiger partial charge in [-0.1, -0.05) is 71.7 Å². The molecule has 1 saturated heterocycles.